The molecule has 0 spiro atoms. The van der Waals surface area contributed by atoms with Gasteiger partial charge in [-0.1, -0.05) is 11.6 Å². The summed E-state index contributed by atoms with van der Waals surface area (Å²) in [5.74, 6) is -1.39. The minimum absolute atomic E-state index is 0.122. The highest BCUT2D eigenvalue weighted by Gasteiger charge is 2.21. The largest absolute Gasteiger partial charge is 0.502 e. The van der Waals surface area contributed by atoms with Crippen LogP contribution in [0, 0.1) is 20.8 Å². The van der Waals surface area contributed by atoms with E-state index in [1.54, 1.807) is 12.1 Å². The number of ketones is 1. The number of aromatic nitrogens is 1. The Hall–Kier alpha value is -2.82. The summed E-state index contributed by atoms with van der Waals surface area (Å²) in [5.41, 5.74) is 3.63. The van der Waals surface area contributed by atoms with Crippen LogP contribution >= 0.6 is 0 Å². The van der Waals surface area contributed by atoms with Crippen LogP contribution in [-0.4, -0.2) is 28.5 Å². The Morgan fingerprint density at radius 1 is 1.22 bits per heavy atom. The lowest BCUT2D eigenvalue weighted by Crippen LogP contribution is -2.15. The van der Waals surface area contributed by atoms with Crippen LogP contribution in [0.3, 0.4) is 0 Å². The molecule has 0 unspecified atom stereocenters. The molecule has 2 rings (SSSR count). The molecule has 0 amide bonds. The highest BCUT2D eigenvalue weighted by atomic mass is 16.5. The Morgan fingerprint density at radius 3 is 2.52 bits per heavy atom. The van der Waals surface area contributed by atoms with Crippen molar-refractivity contribution in [3.05, 3.63) is 64.7 Å². The van der Waals surface area contributed by atoms with Gasteiger partial charge in [0.15, 0.2) is 5.70 Å². The second kappa shape index (κ2) is 6.52. The van der Waals surface area contributed by atoms with Crippen molar-refractivity contribution < 1.29 is 19.4 Å². The molecular weight excluding hydrogens is 294 g/mol. The summed E-state index contributed by atoms with van der Waals surface area (Å²) in [6, 6.07) is 7.07. The smallest absolute Gasteiger partial charge is 0.356 e. The van der Waals surface area contributed by atoms with E-state index in [1.807, 2.05) is 32.9 Å². The SMILES string of the molecule is CO/C=C(\C(=O)O)n1cccc1C(=O)c1cc(C)cc(C)c1C. The average Bonchev–Trinajstić information content (AvgIpc) is 2.96. The van der Waals surface area contributed by atoms with E-state index in [4.69, 9.17) is 4.74 Å². The van der Waals surface area contributed by atoms with Gasteiger partial charge in [-0.25, -0.2) is 4.79 Å². The lowest BCUT2D eigenvalue weighted by atomic mass is 9.96. The molecule has 2 aromatic rings. The van der Waals surface area contributed by atoms with Gasteiger partial charge in [0.1, 0.15) is 6.26 Å². The molecule has 0 fully saturated rings. The number of hydrogen-bond donors (Lipinski definition) is 1. The lowest BCUT2D eigenvalue weighted by molar-refractivity contribution is -0.130. The van der Waals surface area contributed by atoms with Crippen LogP contribution in [0.4, 0.5) is 0 Å². The van der Waals surface area contributed by atoms with E-state index >= 15 is 0 Å². The van der Waals surface area contributed by atoms with Gasteiger partial charge in [0.05, 0.1) is 12.8 Å². The molecule has 5 nitrogen and oxygen atoms in total. The first-order valence-corrected chi connectivity index (χ1v) is 7.13. The van der Waals surface area contributed by atoms with Gasteiger partial charge < -0.3 is 14.4 Å². The normalized spacial score (nSPS) is 11.4. The second-order valence-corrected chi connectivity index (χ2v) is 5.39. The molecule has 1 heterocycles. The maximum atomic E-state index is 12.9. The second-order valence-electron chi connectivity index (χ2n) is 5.39. The molecule has 0 saturated heterocycles. The summed E-state index contributed by atoms with van der Waals surface area (Å²) in [7, 11) is 1.36. The fourth-order valence-corrected chi connectivity index (χ4v) is 2.51. The van der Waals surface area contributed by atoms with Crippen molar-refractivity contribution in [3.8, 4) is 0 Å². The summed E-state index contributed by atoms with van der Waals surface area (Å²) < 4.78 is 6.14. The van der Waals surface area contributed by atoms with Crippen molar-refractivity contribution in [2.75, 3.05) is 7.11 Å². The first-order valence-electron chi connectivity index (χ1n) is 7.13. The van der Waals surface area contributed by atoms with E-state index in [1.165, 1.54) is 17.9 Å². The minimum atomic E-state index is -1.17. The summed E-state index contributed by atoms with van der Waals surface area (Å²) in [6.45, 7) is 5.76. The van der Waals surface area contributed by atoms with Crippen molar-refractivity contribution in [1.82, 2.24) is 4.57 Å². The first-order chi connectivity index (χ1) is 10.9. The van der Waals surface area contributed by atoms with E-state index in [0.29, 0.717) is 5.56 Å². The Bertz CT molecular complexity index is 799. The fraction of sp³-hybridized carbons (Fsp3) is 0.222. The molecule has 0 saturated carbocycles. The van der Waals surface area contributed by atoms with Gasteiger partial charge in [-0.15, -0.1) is 0 Å². The zero-order valence-corrected chi connectivity index (χ0v) is 13.6. The summed E-state index contributed by atoms with van der Waals surface area (Å²) in [4.78, 5) is 24.3. The van der Waals surface area contributed by atoms with E-state index < -0.39 is 5.97 Å². The molecule has 0 bridgehead atoms. The maximum absolute atomic E-state index is 12.9. The van der Waals surface area contributed by atoms with Crippen LogP contribution in [0.2, 0.25) is 0 Å². The zero-order chi connectivity index (χ0) is 17.1. The van der Waals surface area contributed by atoms with Gasteiger partial charge in [-0.2, -0.15) is 0 Å². The molecule has 0 radical (unpaired) electrons. The predicted octanol–water partition coefficient (Wildman–Crippen LogP) is 3.17. The number of aryl methyl sites for hydroxylation is 2. The number of benzene rings is 1. The third-order valence-electron chi connectivity index (χ3n) is 3.75. The molecule has 23 heavy (non-hydrogen) atoms. The Morgan fingerprint density at radius 2 is 1.91 bits per heavy atom. The third kappa shape index (κ3) is 3.18. The van der Waals surface area contributed by atoms with Gasteiger partial charge in [-0.05, 0) is 50.1 Å². The molecule has 1 aromatic carbocycles. The third-order valence-corrected chi connectivity index (χ3v) is 3.75. The van der Waals surface area contributed by atoms with Crippen molar-refractivity contribution in [2.24, 2.45) is 0 Å². The van der Waals surface area contributed by atoms with Crippen LogP contribution in [0.1, 0.15) is 32.7 Å². The number of carboxylic acids is 1. The number of ether oxygens (including phenoxy) is 1. The Balaban J connectivity index is 2.57. The van der Waals surface area contributed by atoms with Crippen molar-refractivity contribution in [2.45, 2.75) is 20.8 Å². The molecule has 0 atom stereocenters. The van der Waals surface area contributed by atoms with Gasteiger partial charge >= 0.3 is 5.97 Å². The fourth-order valence-electron chi connectivity index (χ4n) is 2.51. The number of carbonyl (C=O) groups excluding carboxylic acids is 1. The van der Waals surface area contributed by atoms with Crippen LogP contribution in [0.25, 0.3) is 5.70 Å². The number of methoxy groups -OCH3 is 1. The predicted molar refractivity (Wildman–Crippen MR) is 87.4 cm³/mol. The molecule has 0 aliphatic heterocycles. The minimum Gasteiger partial charge on any atom is -0.502 e. The molecular formula is C18H19NO4. The highest BCUT2D eigenvalue weighted by Crippen LogP contribution is 2.21. The Kier molecular flexibility index (Phi) is 4.69. The number of carbonyl (C=O) groups is 2. The summed E-state index contributed by atoms with van der Waals surface area (Å²) in [6.07, 6.45) is 2.64. The van der Waals surface area contributed by atoms with E-state index in [-0.39, 0.29) is 17.2 Å². The highest BCUT2D eigenvalue weighted by molar-refractivity contribution is 6.14. The summed E-state index contributed by atoms with van der Waals surface area (Å²) in [5, 5.41) is 9.32. The molecule has 120 valence electrons. The van der Waals surface area contributed by atoms with Gasteiger partial charge in [0.2, 0.25) is 5.78 Å². The van der Waals surface area contributed by atoms with Crippen LogP contribution in [0.5, 0.6) is 0 Å². The van der Waals surface area contributed by atoms with Crippen LogP contribution in [0.15, 0.2) is 36.7 Å². The lowest BCUT2D eigenvalue weighted by Gasteiger charge is -2.12. The number of aliphatic carboxylic acids is 1. The molecule has 1 aromatic heterocycles. The van der Waals surface area contributed by atoms with E-state index in [2.05, 4.69) is 0 Å². The number of hydrogen-bond acceptors (Lipinski definition) is 3. The van der Waals surface area contributed by atoms with E-state index in [9.17, 15) is 14.7 Å². The average molecular weight is 313 g/mol. The molecule has 1 N–H and O–H groups in total. The molecule has 0 aliphatic carbocycles. The van der Waals surface area contributed by atoms with Crippen LogP contribution in [-0.2, 0) is 9.53 Å². The topological polar surface area (TPSA) is 68.5 Å². The molecule has 0 aliphatic rings. The van der Waals surface area contributed by atoms with Gasteiger partial charge in [0.25, 0.3) is 0 Å². The van der Waals surface area contributed by atoms with Crippen molar-refractivity contribution in [1.29, 1.82) is 0 Å². The first kappa shape index (κ1) is 16.5. The zero-order valence-electron chi connectivity index (χ0n) is 13.6. The monoisotopic (exact) mass is 313 g/mol. The van der Waals surface area contributed by atoms with Crippen molar-refractivity contribution in [3.63, 3.8) is 0 Å². The van der Waals surface area contributed by atoms with Crippen molar-refractivity contribution >= 4 is 17.4 Å². The maximum Gasteiger partial charge on any atom is 0.356 e. The number of carboxylic acid groups (broad SMARTS) is 1. The molecule has 5 heteroatoms. The quantitative estimate of drug-likeness (QED) is 0.523. The van der Waals surface area contributed by atoms with E-state index in [0.717, 1.165) is 23.0 Å². The van der Waals surface area contributed by atoms with Gasteiger partial charge in [0, 0.05) is 11.8 Å². The number of rotatable bonds is 5. The number of nitrogens with zero attached hydrogens (tertiary/aromatic N) is 1. The van der Waals surface area contributed by atoms with Gasteiger partial charge in [-0.3, -0.25) is 4.79 Å². The Labute approximate surface area is 134 Å². The summed E-state index contributed by atoms with van der Waals surface area (Å²) >= 11 is 0. The standard InChI is InChI=1S/C18H19NO4/c1-11-8-12(2)13(3)14(9-11)17(20)15-6-5-7-19(15)16(10-23-4)18(21)22/h5-10H,1-4H3,(H,21,22)/b16-10+. The van der Waals surface area contributed by atoms with Crippen LogP contribution < -0.4 is 0 Å².